The van der Waals surface area contributed by atoms with Crippen molar-refractivity contribution in [2.45, 2.75) is 0 Å². The number of hydrogen-bond donors (Lipinski definition) is 1. The smallest absolute Gasteiger partial charge is 0.273 e. The summed E-state index contributed by atoms with van der Waals surface area (Å²) in [6.07, 6.45) is 4.96. The number of carbonyl (C=O) groups is 1. The number of halogens is 1. The van der Waals surface area contributed by atoms with Crippen LogP contribution in [-0.2, 0) is 4.79 Å². The molecule has 6 nitrogen and oxygen atoms in total. The molecule has 0 heterocycles. The summed E-state index contributed by atoms with van der Waals surface area (Å²) in [6.45, 7) is -0.229. The Morgan fingerprint density at radius 1 is 1.61 bits per heavy atom. The van der Waals surface area contributed by atoms with Crippen LogP contribution in [0.2, 0.25) is 5.02 Å². The van der Waals surface area contributed by atoms with E-state index in [1.54, 1.807) is 0 Å². The molecule has 0 bridgehead atoms. The molecular weight excluding hydrogens is 260 g/mol. The molecular formula is C11H9ClN2O4. The summed E-state index contributed by atoms with van der Waals surface area (Å²) in [5.74, 6) is 1.87. The number of nitro benzene ring substituents is 1. The van der Waals surface area contributed by atoms with Crippen LogP contribution in [0.5, 0.6) is 5.75 Å². The molecule has 1 aromatic carbocycles. The first-order chi connectivity index (χ1) is 8.54. The van der Waals surface area contributed by atoms with E-state index < -0.39 is 10.8 Å². The van der Waals surface area contributed by atoms with Crippen LogP contribution in [0.3, 0.4) is 0 Å². The second-order valence-electron chi connectivity index (χ2n) is 3.14. The van der Waals surface area contributed by atoms with Gasteiger partial charge in [0, 0.05) is 6.07 Å². The molecule has 0 aliphatic carbocycles. The highest BCUT2D eigenvalue weighted by Gasteiger charge is 2.11. The van der Waals surface area contributed by atoms with Gasteiger partial charge in [-0.15, -0.1) is 6.42 Å². The molecule has 0 saturated carbocycles. The molecule has 1 rings (SSSR count). The molecule has 1 N–H and O–H groups in total. The maximum atomic E-state index is 11.2. The van der Waals surface area contributed by atoms with E-state index in [4.69, 9.17) is 22.8 Å². The second-order valence-corrected chi connectivity index (χ2v) is 3.55. The van der Waals surface area contributed by atoms with Gasteiger partial charge in [-0.3, -0.25) is 14.9 Å². The lowest BCUT2D eigenvalue weighted by Gasteiger charge is -2.07. The van der Waals surface area contributed by atoms with Gasteiger partial charge < -0.3 is 10.1 Å². The van der Waals surface area contributed by atoms with Crippen molar-refractivity contribution in [3.8, 4) is 18.1 Å². The first-order valence-electron chi connectivity index (χ1n) is 4.81. The summed E-state index contributed by atoms with van der Waals surface area (Å²) >= 11 is 5.78. The molecule has 0 aliphatic rings. The highest BCUT2D eigenvalue weighted by atomic mass is 35.5. The topological polar surface area (TPSA) is 81.5 Å². The first-order valence-corrected chi connectivity index (χ1v) is 5.19. The highest BCUT2D eigenvalue weighted by molar-refractivity contribution is 6.32. The zero-order valence-corrected chi connectivity index (χ0v) is 9.94. The van der Waals surface area contributed by atoms with E-state index in [0.717, 1.165) is 6.07 Å². The lowest BCUT2D eigenvalue weighted by molar-refractivity contribution is -0.384. The number of nitrogens with one attached hydrogen (secondary N) is 1. The monoisotopic (exact) mass is 268 g/mol. The van der Waals surface area contributed by atoms with Crippen LogP contribution in [0.25, 0.3) is 0 Å². The lowest BCUT2D eigenvalue weighted by Crippen LogP contribution is -2.29. The van der Waals surface area contributed by atoms with Gasteiger partial charge in [-0.25, -0.2) is 0 Å². The number of hydrogen-bond acceptors (Lipinski definition) is 4. The van der Waals surface area contributed by atoms with Crippen molar-refractivity contribution >= 4 is 23.2 Å². The van der Waals surface area contributed by atoms with Crippen LogP contribution in [0.15, 0.2) is 18.2 Å². The Bertz CT molecular complexity index is 510. The zero-order chi connectivity index (χ0) is 13.5. The van der Waals surface area contributed by atoms with Crippen LogP contribution in [0, 0.1) is 22.5 Å². The van der Waals surface area contributed by atoms with Crippen LogP contribution in [-0.4, -0.2) is 24.0 Å². The summed E-state index contributed by atoms with van der Waals surface area (Å²) in [7, 11) is 0. The number of terminal acetylenes is 1. The van der Waals surface area contributed by atoms with Crippen LogP contribution < -0.4 is 10.1 Å². The largest absolute Gasteiger partial charge is 0.482 e. The molecule has 1 aromatic rings. The zero-order valence-electron chi connectivity index (χ0n) is 9.18. The Hall–Kier alpha value is -2.26. The van der Waals surface area contributed by atoms with Gasteiger partial charge in [0.1, 0.15) is 5.75 Å². The lowest BCUT2D eigenvalue weighted by atomic mass is 10.3. The number of nitrogens with zero attached hydrogens (tertiary/aromatic N) is 1. The van der Waals surface area contributed by atoms with Crippen molar-refractivity contribution in [3.05, 3.63) is 33.3 Å². The van der Waals surface area contributed by atoms with E-state index in [9.17, 15) is 14.9 Å². The fraction of sp³-hybridized carbons (Fsp3) is 0.182. The maximum absolute atomic E-state index is 11.2. The van der Waals surface area contributed by atoms with Gasteiger partial charge in [0.15, 0.2) is 6.61 Å². The third kappa shape index (κ3) is 3.96. The molecule has 0 atom stereocenters. The van der Waals surface area contributed by atoms with E-state index in [-0.39, 0.29) is 29.6 Å². The molecule has 0 saturated heterocycles. The van der Waals surface area contributed by atoms with Crippen LogP contribution in [0.1, 0.15) is 0 Å². The summed E-state index contributed by atoms with van der Waals surface area (Å²) in [5, 5.41) is 13.1. The fourth-order valence-corrected chi connectivity index (χ4v) is 1.23. The summed E-state index contributed by atoms with van der Waals surface area (Å²) in [4.78, 5) is 21.2. The molecule has 0 radical (unpaired) electrons. The Balaban J connectivity index is 2.67. The molecule has 7 heteroatoms. The average Bonchev–Trinajstić information content (AvgIpc) is 2.35. The Morgan fingerprint density at radius 2 is 2.33 bits per heavy atom. The minimum absolute atomic E-state index is 0.0710. The number of ether oxygens (including phenoxy) is 1. The van der Waals surface area contributed by atoms with Gasteiger partial charge in [-0.1, -0.05) is 17.5 Å². The Kier molecular flexibility index (Phi) is 4.96. The van der Waals surface area contributed by atoms with E-state index in [0.29, 0.717) is 0 Å². The van der Waals surface area contributed by atoms with Gasteiger partial charge in [0.2, 0.25) is 0 Å². The maximum Gasteiger partial charge on any atom is 0.273 e. The number of nitro groups is 1. The quantitative estimate of drug-likeness (QED) is 0.497. The van der Waals surface area contributed by atoms with Gasteiger partial charge in [0.25, 0.3) is 11.6 Å². The van der Waals surface area contributed by atoms with E-state index in [1.807, 2.05) is 0 Å². The molecule has 0 spiro atoms. The SMILES string of the molecule is C#CCNC(=O)COc1cc([N+](=O)[O-])ccc1Cl. The first kappa shape index (κ1) is 13.8. The third-order valence-electron chi connectivity index (χ3n) is 1.87. The van der Waals surface area contributed by atoms with Crippen LogP contribution in [0.4, 0.5) is 5.69 Å². The third-order valence-corrected chi connectivity index (χ3v) is 2.18. The minimum atomic E-state index is -0.582. The van der Waals surface area contributed by atoms with Crippen LogP contribution >= 0.6 is 11.6 Å². The second kappa shape index (κ2) is 6.47. The van der Waals surface area contributed by atoms with Crippen molar-refractivity contribution in [2.24, 2.45) is 0 Å². The predicted octanol–water partition coefficient (Wildman–Crippen LogP) is 1.38. The average molecular weight is 269 g/mol. The molecule has 94 valence electrons. The van der Waals surface area contributed by atoms with Gasteiger partial charge in [-0.05, 0) is 6.07 Å². The van der Waals surface area contributed by atoms with Crippen molar-refractivity contribution in [2.75, 3.05) is 13.2 Å². The van der Waals surface area contributed by atoms with Crippen molar-refractivity contribution < 1.29 is 14.5 Å². The summed E-state index contributed by atoms with van der Waals surface area (Å²) < 4.78 is 5.07. The van der Waals surface area contributed by atoms with Gasteiger partial charge in [-0.2, -0.15) is 0 Å². The molecule has 0 unspecified atom stereocenters. The number of amides is 1. The molecule has 1 amide bonds. The predicted molar refractivity (Wildman–Crippen MR) is 65.4 cm³/mol. The van der Waals surface area contributed by atoms with Gasteiger partial charge in [0.05, 0.1) is 22.6 Å². The molecule has 0 fully saturated rings. The number of carbonyl (C=O) groups excluding carboxylic acids is 1. The highest BCUT2D eigenvalue weighted by Crippen LogP contribution is 2.28. The molecule has 0 aromatic heterocycles. The Labute approximate surface area is 108 Å². The standard InChI is InChI=1S/C11H9ClN2O4/c1-2-5-13-11(15)7-18-10-6-8(14(16)17)3-4-9(10)12/h1,3-4,6H,5,7H2,(H,13,15). The van der Waals surface area contributed by atoms with E-state index in [2.05, 4.69) is 11.2 Å². The number of non-ortho nitro benzene ring substituents is 1. The molecule has 0 aliphatic heterocycles. The number of rotatable bonds is 5. The molecule has 18 heavy (non-hydrogen) atoms. The van der Waals surface area contributed by atoms with Gasteiger partial charge >= 0.3 is 0 Å². The summed E-state index contributed by atoms with van der Waals surface area (Å²) in [6, 6.07) is 3.72. The Morgan fingerprint density at radius 3 is 2.94 bits per heavy atom. The van der Waals surface area contributed by atoms with Crippen molar-refractivity contribution in [3.63, 3.8) is 0 Å². The fourth-order valence-electron chi connectivity index (χ4n) is 1.06. The summed E-state index contributed by atoms with van der Waals surface area (Å²) in [5.41, 5.74) is -0.168. The van der Waals surface area contributed by atoms with E-state index in [1.165, 1.54) is 12.1 Å². The van der Waals surface area contributed by atoms with Crippen molar-refractivity contribution in [1.82, 2.24) is 5.32 Å². The van der Waals surface area contributed by atoms with E-state index >= 15 is 0 Å². The van der Waals surface area contributed by atoms with Crippen molar-refractivity contribution in [1.29, 1.82) is 0 Å². The normalized spacial score (nSPS) is 9.33. The number of benzene rings is 1. The minimum Gasteiger partial charge on any atom is -0.482 e.